The second kappa shape index (κ2) is 59.8. The average molecular weight is 1120 g/mol. The van der Waals surface area contributed by atoms with E-state index in [1.165, 1.54) is 141 Å². The molecular weight excluding hydrogens is 1000 g/mol. The fourth-order valence-electron chi connectivity index (χ4n) is 8.51. The van der Waals surface area contributed by atoms with Crippen LogP contribution in [0.15, 0.2) is 85.1 Å². The molecule has 3 unspecified atom stereocenters. The zero-order chi connectivity index (χ0) is 56.9. The van der Waals surface area contributed by atoms with Gasteiger partial charge in [0.05, 0.1) is 19.8 Å². The molecule has 2 N–H and O–H groups in total. The van der Waals surface area contributed by atoms with Crippen molar-refractivity contribution in [3.8, 4) is 0 Å². The molecule has 450 valence electrons. The summed E-state index contributed by atoms with van der Waals surface area (Å²) in [6, 6.07) is 0. The third-order valence-corrected chi connectivity index (χ3v) is 14.2. The van der Waals surface area contributed by atoms with Crippen molar-refractivity contribution in [3.05, 3.63) is 85.1 Å². The van der Waals surface area contributed by atoms with Gasteiger partial charge in [-0.1, -0.05) is 241 Å². The Hall–Kier alpha value is -3.34. The molecule has 11 nitrogen and oxygen atoms in total. The molecule has 0 aliphatic carbocycles. The summed E-state index contributed by atoms with van der Waals surface area (Å²) in [5.74, 6) is -1.56. The Balaban J connectivity index is 4.70. The zero-order valence-corrected chi connectivity index (χ0v) is 50.8. The SMILES string of the molecule is CC/C=C\C/C=C\C/C=C\C/C=C\CCC(=O)OCC(COP(=O)(O)OCC(CO)OC(=O)CCCCCCCCCCC/C=C\CCCCCCCC)OC(=O)CCCCCCCCCCC/C=C\C/C=C\CCCCC. The molecule has 3 atom stereocenters. The largest absolute Gasteiger partial charge is 0.472 e. The zero-order valence-electron chi connectivity index (χ0n) is 49.9. The molecule has 0 saturated heterocycles. The quantitative estimate of drug-likeness (QED) is 0.0197. The summed E-state index contributed by atoms with van der Waals surface area (Å²) in [5, 5.41) is 9.85. The van der Waals surface area contributed by atoms with Gasteiger partial charge in [-0.05, 0) is 103 Å². The summed E-state index contributed by atoms with van der Waals surface area (Å²) in [6.07, 6.45) is 69.8. The van der Waals surface area contributed by atoms with Crippen LogP contribution in [0.4, 0.5) is 0 Å². The number of hydrogen-bond donors (Lipinski definition) is 2. The van der Waals surface area contributed by atoms with E-state index in [2.05, 4.69) is 93.7 Å². The van der Waals surface area contributed by atoms with Crippen molar-refractivity contribution in [1.29, 1.82) is 0 Å². The lowest BCUT2D eigenvalue weighted by Crippen LogP contribution is -2.30. The predicted octanol–water partition coefficient (Wildman–Crippen LogP) is 19.0. The van der Waals surface area contributed by atoms with E-state index in [0.717, 1.165) is 77.0 Å². The van der Waals surface area contributed by atoms with Gasteiger partial charge < -0.3 is 24.2 Å². The van der Waals surface area contributed by atoms with Crippen molar-refractivity contribution in [1.82, 2.24) is 0 Å². The number of carbonyl (C=O) groups excluding carboxylic acids is 3. The molecule has 0 aliphatic heterocycles. The van der Waals surface area contributed by atoms with Crippen LogP contribution in [-0.2, 0) is 42.2 Å². The summed E-state index contributed by atoms with van der Waals surface area (Å²) in [6.45, 7) is 4.44. The Morgan fingerprint density at radius 2 is 0.692 bits per heavy atom. The van der Waals surface area contributed by atoms with Crippen molar-refractivity contribution in [2.45, 2.75) is 290 Å². The van der Waals surface area contributed by atoms with Crippen LogP contribution >= 0.6 is 7.82 Å². The van der Waals surface area contributed by atoms with Crippen molar-refractivity contribution in [2.75, 3.05) is 26.4 Å². The molecule has 78 heavy (non-hydrogen) atoms. The van der Waals surface area contributed by atoms with E-state index in [-0.39, 0.29) is 25.9 Å². The number of phosphoric ester groups is 1. The topological polar surface area (TPSA) is 155 Å². The minimum atomic E-state index is -4.77. The summed E-state index contributed by atoms with van der Waals surface area (Å²) in [7, 11) is -4.77. The third-order valence-electron chi connectivity index (χ3n) is 13.3. The Kier molecular flexibility index (Phi) is 57.2. The van der Waals surface area contributed by atoms with Crippen LogP contribution in [0, 0.1) is 0 Å². The highest BCUT2D eigenvalue weighted by Gasteiger charge is 2.28. The fourth-order valence-corrected chi connectivity index (χ4v) is 9.30. The molecule has 12 heteroatoms. The van der Waals surface area contributed by atoms with E-state index in [4.69, 9.17) is 23.3 Å². The van der Waals surface area contributed by atoms with E-state index < -0.39 is 57.8 Å². The van der Waals surface area contributed by atoms with Gasteiger partial charge in [-0.15, -0.1) is 0 Å². The highest BCUT2D eigenvalue weighted by atomic mass is 31.2. The van der Waals surface area contributed by atoms with E-state index in [9.17, 15) is 28.9 Å². The molecule has 0 bridgehead atoms. The van der Waals surface area contributed by atoms with Crippen LogP contribution in [0.25, 0.3) is 0 Å². The number of esters is 3. The van der Waals surface area contributed by atoms with Gasteiger partial charge in [-0.2, -0.15) is 0 Å². The second-order valence-corrected chi connectivity index (χ2v) is 22.3. The number of carbonyl (C=O) groups is 3. The number of rotatable bonds is 58. The number of aliphatic hydroxyl groups excluding tert-OH is 1. The fraction of sp³-hybridized carbons (Fsp3) is 0.742. The van der Waals surface area contributed by atoms with Crippen LogP contribution < -0.4 is 0 Å². The van der Waals surface area contributed by atoms with Gasteiger partial charge in [-0.25, -0.2) is 4.57 Å². The van der Waals surface area contributed by atoms with E-state index in [1.807, 2.05) is 12.2 Å². The molecule has 0 fully saturated rings. The monoisotopic (exact) mass is 1110 g/mol. The first-order chi connectivity index (χ1) is 38.2. The Morgan fingerprint density at radius 1 is 0.372 bits per heavy atom. The smallest absolute Gasteiger partial charge is 0.462 e. The molecule has 0 rings (SSSR count). The van der Waals surface area contributed by atoms with Gasteiger partial charge in [0.2, 0.25) is 0 Å². The highest BCUT2D eigenvalue weighted by Crippen LogP contribution is 2.43. The van der Waals surface area contributed by atoms with Crippen LogP contribution in [-0.4, -0.2) is 66.5 Å². The van der Waals surface area contributed by atoms with Crippen molar-refractivity contribution >= 4 is 25.7 Å². The minimum absolute atomic E-state index is 0.103. The van der Waals surface area contributed by atoms with Crippen LogP contribution in [0.5, 0.6) is 0 Å². The second-order valence-electron chi connectivity index (χ2n) is 20.8. The number of unbranched alkanes of at least 4 members (excludes halogenated alkanes) is 27. The first-order valence-corrected chi connectivity index (χ1v) is 33.0. The lowest BCUT2D eigenvalue weighted by Gasteiger charge is -2.21. The molecule has 0 aliphatic rings. The van der Waals surface area contributed by atoms with Crippen LogP contribution in [0.2, 0.25) is 0 Å². The summed E-state index contributed by atoms with van der Waals surface area (Å²) < 4.78 is 39.5. The molecule has 0 aromatic rings. The molecule has 0 amide bonds. The molecule has 0 spiro atoms. The lowest BCUT2D eigenvalue weighted by atomic mass is 10.1. The van der Waals surface area contributed by atoms with Crippen molar-refractivity contribution in [3.63, 3.8) is 0 Å². The van der Waals surface area contributed by atoms with Crippen LogP contribution in [0.3, 0.4) is 0 Å². The third kappa shape index (κ3) is 57.3. The molecule has 0 aromatic heterocycles. The van der Waals surface area contributed by atoms with Gasteiger partial charge >= 0.3 is 25.7 Å². The Morgan fingerprint density at radius 3 is 1.12 bits per heavy atom. The summed E-state index contributed by atoms with van der Waals surface area (Å²) in [5.41, 5.74) is 0. The summed E-state index contributed by atoms with van der Waals surface area (Å²) in [4.78, 5) is 48.6. The number of hydrogen-bond acceptors (Lipinski definition) is 10. The maximum atomic E-state index is 12.9. The van der Waals surface area contributed by atoms with Gasteiger partial charge in [0.15, 0.2) is 6.10 Å². The standard InChI is InChI=1S/C66H115O11P/c1-4-7-10-13-16-19-22-25-27-29-31-33-35-38-41-44-47-50-53-56-65(69)76-62(58-67)60-74-78(71,72)75-61-63(59-73-64(68)55-52-49-46-43-40-37-24-21-18-15-12-9-6-3)77-66(70)57-54-51-48-45-42-39-36-34-32-30-28-26-23-20-17-14-11-8-5-2/h9,12,17-18,20-21,25-28,37,40,46,49,62-63,67H,4-8,10-11,13-16,19,22-24,29-36,38-39,41-45,47-48,50-61H2,1-3H3,(H,71,72)/b12-9-,20-17-,21-18-,27-25-,28-26-,40-37-,49-46-. The molecule has 0 aromatic carbocycles. The van der Waals surface area contributed by atoms with Gasteiger partial charge in [-0.3, -0.25) is 23.4 Å². The number of allylic oxidation sites excluding steroid dienone is 14. The maximum absolute atomic E-state index is 12.9. The van der Waals surface area contributed by atoms with Crippen molar-refractivity contribution in [2.24, 2.45) is 0 Å². The molecule has 0 heterocycles. The number of aliphatic hydroxyl groups is 1. The summed E-state index contributed by atoms with van der Waals surface area (Å²) >= 11 is 0. The normalized spacial score (nSPS) is 13.9. The van der Waals surface area contributed by atoms with Gasteiger partial charge in [0.1, 0.15) is 12.7 Å². The minimum Gasteiger partial charge on any atom is -0.462 e. The predicted molar refractivity (Wildman–Crippen MR) is 325 cm³/mol. The first-order valence-electron chi connectivity index (χ1n) is 31.5. The molecular formula is C66H115O11P. The highest BCUT2D eigenvalue weighted by molar-refractivity contribution is 7.47. The lowest BCUT2D eigenvalue weighted by molar-refractivity contribution is -0.161. The van der Waals surface area contributed by atoms with Crippen molar-refractivity contribution < 1.29 is 52.2 Å². The Labute approximate surface area is 477 Å². The van der Waals surface area contributed by atoms with E-state index >= 15 is 0 Å². The Bertz CT molecular complexity index is 1630. The first kappa shape index (κ1) is 74.7. The maximum Gasteiger partial charge on any atom is 0.472 e. The van der Waals surface area contributed by atoms with Gasteiger partial charge in [0.25, 0.3) is 0 Å². The number of phosphoric acid groups is 1. The van der Waals surface area contributed by atoms with E-state index in [1.54, 1.807) is 0 Å². The number of ether oxygens (including phenoxy) is 3. The average Bonchev–Trinajstić information content (AvgIpc) is 3.43. The van der Waals surface area contributed by atoms with Gasteiger partial charge in [0, 0.05) is 19.3 Å². The van der Waals surface area contributed by atoms with E-state index in [0.29, 0.717) is 19.3 Å². The molecule has 0 saturated carbocycles. The van der Waals surface area contributed by atoms with Crippen LogP contribution in [0.1, 0.15) is 278 Å². The molecule has 0 radical (unpaired) electrons.